The number of hydrogen-bond acceptors (Lipinski definition) is 1. The Morgan fingerprint density at radius 1 is 0.200 bits per heavy atom. The Labute approximate surface area is 389 Å². The summed E-state index contributed by atoms with van der Waals surface area (Å²) >= 11 is 0. The summed E-state index contributed by atoms with van der Waals surface area (Å²) in [6, 6.07) is 0. The lowest BCUT2D eigenvalue weighted by Gasteiger charge is -2.46. The van der Waals surface area contributed by atoms with Crippen LogP contribution in [0, 0.1) is 0 Å². The summed E-state index contributed by atoms with van der Waals surface area (Å²) in [5.41, 5.74) is 0.470. The van der Waals surface area contributed by atoms with E-state index in [2.05, 4.69) is 39.5 Å². The van der Waals surface area contributed by atoms with Crippen LogP contribution >= 0.6 is 12.4 Å². The highest BCUT2D eigenvalue weighted by Crippen LogP contribution is 2.36. The van der Waals surface area contributed by atoms with Crippen LogP contribution in [0.2, 0.25) is 0 Å². The van der Waals surface area contributed by atoms with Crippen molar-refractivity contribution in [3.8, 4) is 0 Å². The largest absolute Gasteiger partial charge is 0.298 e. The second-order valence-electron chi connectivity index (χ2n) is 20.3. The summed E-state index contributed by atoms with van der Waals surface area (Å²) in [4.78, 5) is 3.11. The van der Waals surface area contributed by atoms with Crippen LogP contribution in [0.25, 0.3) is 0 Å². The molecule has 0 aromatic carbocycles. The van der Waals surface area contributed by atoms with Crippen LogP contribution in [-0.4, -0.2) is 23.5 Å². The Morgan fingerprint density at radius 2 is 0.350 bits per heavy atom. The van der Waals surface area contributed by atoms with Gasteiger partial charge in [0.1, 0.15) is 0 Å². The van der Waals surface area contributed by atoms with E-state index in [0.29, 0.717) is 5.54 Å². The average molecular weight is 867 g/mol. The molecule has 1 nitrogen and oxygen atoms in total. The fourth-order valence-electron chi connectivity index (χ4n) is 10.3. The van der Waals surface area contributed by atoms with Crippen LogP contribution < -0.4 is 0 Å². The van der Waals surface area contributed by atoms with Gasteiger partial charge in [0.2, 0.25) is 0 Å². The fraction of sp³-hybridized carbons (Fsp3) is 1.00. The van der Waals surface area contributed by atoms with Gasteiger partial charge < -0.3 is 0 Å². The summed E-state index contributed by atoms with van der Waals surface area (Å²) in [6.07, 6.45) is 73.1. The molecule has 0 aliphatic heterocycles. The van der Waals surface area contributed by atoms with Gasteiger partial charge in [0, 0.05) is 5.54 Å². The van der Waals surface area contributed by atoms with E-state index in [1.54, 1.807) is 0 Å². The monoisotopic (exact) mass is 866 g/mol. The Balaban J connectivity index is 0. The first-order valence-corrected chi connectivity index (χ1v) is 29.0. The standard InChI is InChI=1S/C58H119N.ClH/c1-6-11-16-19-22-24-26-28-30-32-34-36-38-40-42-45-48-51-54-58(53-50-47-44-21-18-13-8-3,59(56-14-9-4)57-15-10-5)55-52-49-46-43-41-39-37-35-33-31-29-27-25-23-20-17-12-7-2;/h6-57H2,1-5H3;1H. The van der Waals surface area contributed by atoms with Gasteiger partial charge >= 0.3 is 0 Å². The molecule has 0 radical (unpaired) electrons. The molecule has 0 amide bonds. The van der Waals surface area contributed by atoms with Crippen molar-refractivity contribution in [2.45, 2.75) is 361 Å². The highest BCUT2D eigenvalue weighted by molar-refractivity contribution is 5.85. The third kappa shape index (κ3) is 43.5. The third-order valence-electron chi connectivity index (χ3n) is 14.5. The number of halogens is 1. The minimum absolute atomic E-state index is 0. The maximum Gasteiger partial charge on any atom is 0.0209 e. The van der Waals surface area contributed by atoms with Crippen molar-refractivity contribution >= 4 is 12.4 Å². The smallest absolute Gasteiger partial charge is 0.0209 e. The zero-order valence-electron chi connectivity index (χ0n) is 43.1. The summed E-state index contributed by atoms with van der Waals surface area (Å²) in [5.74, 6) is 0. The van der Waals surface area contributed by atoms with Gasteiger partial charge in [-0.2, -0.15) is 0 Å². The Kier molecular flexibility index (Phi) is 55.7. The van der Waals surface area contributed by atoms with Crippen molar-refractivity contribution in [3.05, 3.63) is 0 Å². The number of rotatable bonds is 53. The van der Waals surface area contributed by atoms with E-state index in [9.17, 15) is 0 Å². The van der Waals surface area contributed by atoms with E-state index < -0.39 is 0 Å². The SMILES string of the molecule is CCCCCCCCCCCCCCCCCCCCC(CCCCCCCCC)(CCCCCCCCCCCCCCCCCCCC)N(CCCC)CCCC.Cl. The topological polar surface area (TPSA) is 3.24 Å². The molecule has 2 heteroatoms. The summed E-state index contributed by atoms with van der Waals surface area (Å²) in [6.45, 7) is 14.5. The van der Waals surface area contributed by atoms with Gasteiger partial charge in [0.15, 0.2) is 0 Å². The Morgan fingerprint density at radius 3 is 0.517 bits per heavy atom. The zero-order valence-corrected chi connectivity index (χ0v) is 43.9. The van der Waals surface area contributed by atoms with Crippen molar-refractivity contribution in [1.29, 1.82) is 0 Å². The maximum atomic E-state index is 3.11. The minimum atomic E-state index is 0. The predicted octanol–water partition coefficient (Wildman–Crippen LogP) is 22.1. The third-order valence-corrected chi connectivity index (χ3v) is 14.5. The molecule has 0 aliphatic carbocycles. The van der Waals surface area contributed by atoms with E-state index in [1.807, 2.05) is 0 Å². The normalized spacial score (nSPS) is 11.9. The van der Waals surface area contributed by atoms with Crippen molar-refractivity contribution in [2.24, 2.45) is 0 Å². The van der Waals surface area contributed by atoms with E-state index in [0.717, 1.165) is 0 Å². The average Bonchev–Trinajstić information content (AvgIpc) is 3.25. The molecule has 0 atom stereocenters. The Hall–Kier alpha value is 0.250. The first-order valence-electron chi connectivity index (χ1n) is 29.0. The molecule has 0 aromatic heterocycles. The van der Waals surface area contributed by atoms with Crippen molar-refractivity contribution in [1.82, 2.24) is 4.90 Å². The molecule has 0 aromatic rings. The molecular formula is C58H120ClN. The zero-order chi connectivity index (χ0) is 42.8. The quantitative estimate of drug-likeness (QED) is 0.0551. The number of unbranched alkanes of at least 4 members (excludes halogenated alkanes) is 42. The maximum absolute atomic E-state index is 3.11. The van der Waals surface area contributed by atoms with E-state index in [-0.39, 0.29) is 12.4 Å². The molecule has 0 spiro atoms. The first kappa shape index (κ1) is 62.3. The molecule has 0 fully saturated rings. The molecule has 0 heterocycles. The molecule has 0 unspecified atom stereocenters. The van der Waals surface area contributed by atoms with Crippen molar-refractivity contribution in [2.75, 3.05) is 13.1 Å². The van der Waals surface area contributed by atoms with Gasteiger partial charge in [-0.3, -0.25) is 4.90 Å². The lowest BCUT2D eigenvalue weighted by molar-refractivity contribution is 0.0495. The summed E-state index contributed by atoms with van der Waals surface area (Å²) < 4.78 is 0. The van der Waals surface area contributed by atoms with Crippen LogP contribution in [0.15, 0.2) is 0 Å². The summed E-state index contributed by atoms with van der Waals surface area (Å²) in [5, 5.41) is 0. The van der Waals surface area contributed by atoms with E-state index >= 15 is 0 Å². The first-order chi connectivity index (χ1) is 29.2. The molecule has 364 valence electrons. The van der Waals surface area contributed by atoms with E-state index in [4.69, 9.17) is 0 Å². The van der Waals surface area contributed by atoms with Gasteiger partial charge in [-0.1, -0.05) is 324 Å². The number of nitrogens with zero attached hydrogens (tertiary/aromatic N) is 1. The van der Waals surface area contributed by atoms with Gasteiger partial charge in [-0.05, 0) is 45.2 Å². The molecular weight excluding hydrogens is 746 g/mol. The highest BCUT2D eigenvalue weighted by atomic mass is 35.5. The van der Waals surface area contributed by atoms with Gasteiger partial charge in [0.25, 0.3) is 0 Å². The summed E-state index contributed by atoms with van der Waals surface area (Å²) in [7, 11) is 0. The van der Waals surface area contributed by atoms with Crippen LogP contribution in [-0.2, 0) is 0 Å². The van der Waals surface area contributed by atoms with E-state index in [1.165, 1.54) is 334 Å². The second-order valence-corrected chi connectivity index (χ2v) is 20.3. The molecule has 60 heavy (non-hydrogen) atoms. The van der Waals surface area contributed by atoms with Gasteiger partial charge in [0.05, 0.1) is 0 Å². The molecule has 0 N–H and O–H groups in total. The van der Waals surface area contributed by atoms with Crippen LogP contribution in [0.5, 0.6) is 0 Å². The molecule has 0 rings (SSSR count). The Bertz CT molecular complexity index is 688. The lowest BCUT2D eigenvalue weighted by atomic mass is 9.79. The molecule has 0 aliphatic rings. The molecule has 0 saturated heterocycles. The lowest BCUT2D eigenvalue weighted by Crippen LogP contribution is -2.50. The van der Waals surface area contributed by atoms with Crippen molar-refractivity contribution < 1.29 is 0 Å². The molecule has 0 saturated carbocycles. The second kappa shape index (κ2) is 53.6. The van der Waals surface area contributed by atoms with Crippen LogP contribution in [0.3, 0.4) is 0 Å². The van der Waals surface area contributed by atoms with Crippen LogP contribution in [0.1, 0.15) is 356 Å². The van der Waals surface area contributed by atoms with Gasteiger partial charge in [-0.25, -0.2) is 0 Å². The van der Waals surface area contributed by atoms with Crippen LogP contribution in [0.4, 0.5) is 0 Å². The minimum Gasteiger partial charge on any atom is -0.298 e. The fourth-order valence-corrected chi connectivity index (χ4v) is 10.3. The predicted molar refractivity (Wildman–Crippen MR) is 281 cm³/mol. The number of hydrogen-bond donors (Lipinski definition) is 0. The highest BCUT2D eigenvalue weighted by Gasteiger charge is 2.34. The molecule has 0 bridgehead atoms. The van der Waals surface area contributed by atoms with Crippen molar-refractivity contribution in [3.63, 3.8) is 0 Å². The van der Waals surface area contributed by atoms with Gasteiger partial charge in [-0.15, -0.1) is 12.4 Å².